The zero-order chi connectivity index (χ0) is 19.1. The van der Waals surface area contributed by atoms with E-state index in [1.807, 2.05) is 43.3 Å². The molecule has 1 aliphatic heterocycles. The highest BCUT2D eigenvalue weighted by molar-refractivity contribution is 6.30. The minimum absolute atomic E-state index is 0.0787. The van der Waals surface area contributed by atoms with Gasteiger partial charge in [0.2, 0.25) is 0 Å². The molecule has 1 heterocycles. The van der Waals surface area contributed by atoms with Crippen LogP contribution in [0.15, 0.2) is 53.6 Å². The first-order chi connectivity index (χ1) is 13.1. The molecule has 0 atom stereocenters. The van der Waals surface area contributed by atoms with E-state index in [-0.39, 0.29) is 5.91 Å². The lowest BCUT2D eigenvalue weighted by Gasteiger charge is -2.34. The van der Waals surface area contributed by atoms with E-state index in [9.17, 15) is 4.79 Å². The topological polar surface area (TPSA) is 47.9 Å². The van der Waals surface area contributed by atoms with Gasteiger partial charge in [-0.1, -0.05) is 53.6 Å². The SMILES string of the molecule is Cc1cccc(/C=N/NC(=O)CN2CCN(Cc3ccc(Cl)cc3)CC2)c1. The van der Waals surface area contributed by atoms with Gasteiger partial charge in [0.25, 0.3) is 5.91 Å². The molecule has 1 N–H and O–H groups in total. The summed E-state index contributed by atoms with van der Waals surface area (Å²) in [7, 11) is 0. The van der Waals surface area contributed by atoms with Gasteiger partial charge in [-0.3, -0.25) is 14.6 Å². The molecule has 0 saturated carbocycles. The smallest absolute Gasteiger partial charge is 0.254 e. The molecule has 0 radical (unpaired) electrons. The normalized spacial score (nSPS) is 15.9. The molecule has 27 heavy (non-hydrogen) atoms. The molecular formula is C21H25ClN4O. The van der Waals surface area contributed by atoms with Crippen molar-refractivity contribution in [3.63, 3.8) is 0 Å². The molecule has 0 aromatic heterocycles. The number of piperazine rings is 1. The molecule has 6 heteroatoms. The van der Waals surface area contributed by atoms with Gasteiger partial charge in [0.15, 0.2) is 0 Å². The third-order valence-electron chi connectivity index (χ3n) is 4.60. The minimum atomic E-state index is -0.0787. The Balaban J connectivity index is 1.38. The lowest BCUT2D eigenvalue weighted by molar-refractivity contribution is -0.122. The summed E-state index contributed by atoms with van der Waals surface area (Å²) in [5.74, 6) is -0.0787. The molecule has 0 bridgehead atoms. The second-order valence-corrected chi connectivity index (χ2v) is 7.32. The second kappa shape index (κ2) is 9.65. The number of halogens is 1. The van der Waals surface area contributed by atoms with E-state index in [4.69, 9.17) is 11.6 Å². The Hall–Kier alpha value is -2.21. The van der Waals surface area contributed by atoms with Crippen LogP contribution in [0, 0.1) is 6.92 Å². The Morgan fingerprint density at radius 2 is 1.81 bits per heavy atom. The molecule has 0 aliphatic carbocycles. The summed E-state index contributed by atoms with van der Waals surface area (Å²) in [5.41, 5.74) is 6.02. The standard InChI is InChI=1S/C21H25ClN4O/c1-17-3-2-4-19(13-17)14-23-24-21(27)16-26-11-9-25(10-12-26)15-18-5-7-20(22)8-6-18/h2-8,13-14H,9-12,15-16H2,1H3,(H,24,27)/b23-14+. The maximum absolute atomic E-state index is 12.1. The Kier molecular flexibility index (Phi) is 6.98. The van der Waals surface area contributed by atoms with Crippen LogP contribution < -0.4 is 5.43 Å². The molecular weight excluding hydrogens is 360 g/mol. The Morgan fingerprint density at radius 1 is 1.11 bits per heavy atom. The predicted octanol–water partition coefficient (Wildman–Crippen LogP) is 2.92. The minimum Gasteiger partial charge on any atom is -0.297 e. The average molecular weight is 385 g/mol. The van der Waals surface area contributed by atoms with E-state index in [2.05, 4.69) is 32.5 Å². The van der Waals surface area contributed by atoms with Crippen molar-refractivity contribution in [1.29, 1.82) is 0 Å². The third kappa shape index (κ3) is 6.47. The van der Waals surface area contributed by atoms with Crippen LogP contribution in [0.5, 0.6) is 0 Å². The summed E-state index contributed by atoms with van der Waals surface area (Å²) in [4.78, 5) is 16.6. The fourth-order valence-corrected chi connectivity index (χ4v) is 3.25. The number of rotatable bonds is 6. The van der Waals surface area contributed by atoms with E-state index in [1.54, 1.807) is 6.21 Å². The van der Waals surface area contributed by atoms with Crippen molar-refractivity contribution < 1.29 is 4.79 Å². The van der Waals surface area contributed by atoms with E-state index in [1.165, 1.54) is 11.1 Å². The van der Waals surface area contributed by atoms with Gasteiger partial charge in [0, 0.05) is 37.7 Å². The lowest BCUT2D eigenvalue weighted by atomic mass is 10.2. The summed E-state index contributed by atoms with van der Waals surface area (Å²) < 4.78 is 0. The molecule has 5 nitrogen and oxygen atoms in total. The number of amides is 1. The average Bonchev–Trinajstić information content (AvgIpc) is 2.65. The van der Waals surface area contributed by atoms with Crippen LogP contribution in [0.1, 0.15) is 16.7 Å². The highest BCUT2D eigenvalue weighted by Gasteiger charge is 2.18. The number of hydrogen-bond donors (Lipinski definition) is 1. The number of hydrazone groups is 1. The van der Waals surface area contributed by atoms with Crippen LogP contribution in [-0.4, -0.2) is 54.6 Å². The molecule has 1 amide bonds. The highest BCUT2D eigenvalue weighted by atomic mass is 35.5. The molecule has 2 aromatic carbocycles. The Labute approximate surface area is 165 Å². The number of carbonyl (C=O) groups excluding carboxylic acids is 1. The summed E-state index contributed by atoms with van der Waals surface area (Å²) in [6.07, 6.45) is 1.68. The number of carbonyl (C=O) groups is 1. The summed E-state index contributed by atoms with van der Waals surface area (Å²) in [6, 6.07) is 16.0. The molecule has 0 spiro atoms. The number of nitrogens with one attached hydrogen (secondary N) is 1. The largest absolute Gasteiger partial charge is 0.297 e. The maximum atomic E-state index is 12.1. The van der Waals surface area contributed by atoms with Crippen molar-refractivity contribution in [2.24, 2.45) is 5.10 Å². The van der Waals surface area contributed by atoms with Gasteiger partial charge in [-0.05, 0) is 30.2 Å². The zero-order valence-electron chi connectivity index (χ0n) is 15.6. The van der Waals surface area contributed by atoms with E-state index < -0.39 is 0 Å². The fraction of sp³-hybridized carbons (Fsp3) is 0.333. The Morgan fingerprint density at radius 3 is 2.52 bits per heavy atom. The quantitative estimate of drug-likeness (QED) is 0.615. The van der Waals surface area contributed by atoms with Crippen molar-refractivity contribution in [1.82, 2.24) is 15.2 Å². The van der Waals surface area contributed by atoms with Gasteiger partial charge in [-0.25, -0.2) is 5.43 Å². The first-order valence-electron chi connectivity index (χ1n) is 9.16. The van der Waals surface area contributed by atoms with Crippen molar-refractivity contribution in [3.05, 3.63) is 70.2 Å². The van der Waals surface area contributed by atoms with Crippen molar-refractivity contribution in [3.8, 4) is 0 Å². The number of aryl methyl sites for hydroxylation is 1. The predicted molar refractivity (Wildman–Crippen MR) is 110 cm³/mol. The first kappa shape index (κ1) is 19.5. The summed E-state index contributed by atoms with van der Waals surface area (Å²) in [5, 5.41) is 4.82. The van der Waals surface area contributed by atoms with Gasteiger partial charge >= 0.3 is 0 Å². The van der Waals surface area contributed by atoms with Crippen LogP contribution in [-0.2, 0) is 11.3 Å². The number of nitrogens with zero attached hydrogens (tertiary/aromatic N) is 3. The molecule has 1 aliphatic rings. The van der Waals surface area contributed by atoms with Gasteiger partial charge in [0.1, 0.15) is 0 Å². The van der Waals surface area contributed by atoms with Crippen LogP contribution in [0.25, 0.3) is 0 Å². The molecule has 0 unspecified atom stereocenters. The van der Waals surface area contributed by atoms with Crippen molar-refractivity contribution in [2.45, 2.75) is 13.5 Å². The van der Waals surface area contributed by atoms with E-state index in [0.29, 0.717) is 6.54 Å². The highest BCUT2D eigenvalue weighted by Crippen LogP contribution is 2.12. The maximum Gasteiger partial charge on any atom is 0.254 e. The molecule has 142 valence electrons. The second-order valence-electron chi connectivity index (χ2n) is 6.89. The fourth-order valence-electron chi connectivity index (χ4n) is 3.12. The van der Waals surface area contributed by atoms with Gasteiger partial charge in [0.05, 0.1) is 12.8 Å². The van der Waals surface area contributed by atoms with Crippen LogP contribution in [0.4, 0.5) is 0 Å². The number of benzene rings is 2. The monoisotopic (exact) mass is 384 g/mol. The van der Waals surface area contributed by atoms with Crippen LogP contribution >= 0.6 is 11.6 Å². The zero-order valence-corrected chi connectivity index (χ0v) is 16.3. The van der Waals surface area contributed by atoms with Crippen LogP contribution in [0.3, 0.4) is 0 Å². The van der Waals surface area contributed by atoms with Crippen molar-refractivity contribution in [2.75, 3.05) is 32.7 Å². The summed E-state index contributed by atoms with van der Waals surface area (Å²) >= 11 is 5.93. The molecule has 2 aromatic rings. The molecule has 1 fully saturated rings. The van der Waals surface area contributed by atoms with Gasteiger partial charge in [-0.2, -0.15) is 5.10 Å². The lowest BCUT2D eigenvalue weighted by Crippen LogP contribution is -2.48. The van der Waals surface area contributed by atoms with Crippen molar-refractivity contribution >= 4 is 23.7 Å². The third-order valence-corrected chi connectivity index (χ3v) is 4.85. The van der Waals surface area contributed by atoms with Crippen LogP contribution in [0.2, 0.25) is 5.02 Å². The number of hydrogen-bond acceptors (Lipinski definition) is 4. The van der Waals surface area contributed by atoms with Gasteiger partial charge < -0.3 is 0 Å². The van der Waals surface area contributed by atoms with E-state index >= 15 is 0 Å². The van der Waals surface area contributed by atoms with Gasteiger partial charge in [-0.15, -0.1) is 0 Å². The molecule has 1 saturated heterocycles. The van der Waals surface area contributed by atoms with E-state index in [0.717, 1.165) is 43.3 Å². The first-order valence-corrected chi connectivity index (χ1v) is 9.54. The Bertz CT molecular complexity index is 783. The summed E-state index contributed by atoms with van der Waals surface area (Å²) in [6.45, 7) is 6.97. The molecule has 3 rings (SSSR count).